The molecule has 2 rings (SSSR count). The summed E-state index contributed by atoms with van der Waals surface area (Å²) in [5.41, 5.74) is 0.508. The summed E-state index contributed by atoms with van der Waals surface area (Å²) < 4.78 is 0. The van der Waals surface area contributed by atoms with Gasteiger partial charge in [-0.1, -0.05) is 12.1 Å². The van der Waals surface area contributed by atoms with Gasteiger partial charge in [0.1, 0.15) is 6.04 Å². The molecule has 0 spiro atoms. The highest BCUT2D eigenvalue weighted by atomic mass is 32.2. The zero-order chi connectivity index (χ0) is 11.7. The fourth-order valence-electron chi connectivity index (χ4n) is 1.55. The van der Waals surface area contributed by atoms with Crippen molar-refractivity contribution in [2.24, 2.45) is 0 Å². The van der Waals surface area contributed by atoms with E-state index in [9.17, 15) is 15.0 Å². The molecular formula is C10H11NO4S. The van der Waals surface area contributed by atoms with Crippen molar-refractivity contribution in [2.75, 3.05) is 5.75 Å². The predicted molar refractivity (Wildman–Crippen MR) is 59.5 cm³/mol. The fraction of sp³-hybridized carbons (Fsp3) is 0.300. The van der Waals surface area contributed by atoms with E-state index in [1.807, 2.05) is 0 Å². The second-order valence-corrected chi connectivity index (χ2v) is 4.62. The van der Waals surface area contributed by atoms with Gasteiger partial charge in [0, 0.05) is 11.3 Å². The van der Waals surface area contributed by atoms with Crippen molar-refractivity contribution < 1.29 is 20.1 Å². The van der Waals surface area contributed by atoms with Crippen LogP contribution in [0.1, 0.15) is 10.9 Å². The van der Waals surface area contributed by atoms with Crippen LogP contribution in [-0.2, 0) is 4.79 Å². The van der Waals surface area contributed by atoms with Gasteiger partial charge in [0.2, 0.25) is 0 Å². The molecule has 4 N–H and O–H groups in total. The van der Waals surface area contributed by atoms with E-state index in [-0.39, 0.29) is 16.9 Å². The number of hydrogen-bond donors (Lipinski definition) is 4. The Kier molecular flexibility index (Phi) is 2.93. The third kappa shape index (κ3) is 1.94. The number of aliphatic carboxylic acids is 1. The highest BCUT2D eigenvalue weighted by Crippen LogP contribution is 2.40. The molecule has 5 nitrogen and oxygen atoms in total. The molecule has 86 valence electrons. The summed E-state index contributed by atoms with van der Waals surface area (Å²) in [4.78, 5) is 10.7. The first kappa shape index (κ1) is 11.1. The van der Waals surface area contributed by atoms with Crippen LogP contribution in [0, 0.1) is 0 Å². The first-order valence-corrected chi connectivity index (χ1v) is 5.76. The minimum absolute atomic E-state index is 0.196. The smallest absolute Gasteiger partial charge is 0.321 e. The normalized spacial score (nSPS) is 24.5. The Morgan fingerprint density at radius 2 is 2.19 bits per heavy atom. The summed E-state index contributed by atoms with van der Waals surface area (Å²) in [6.07, 6.45) is 0. The van der Waals surface area contributed by atoms with E-state index in [4.69, 9.17) is 5.11 Å². The molecule has 1 heterocycles. The molecule has 1 aromatic rings. The second-order valence-electron chi connectivity index (χ2n) is 3.49. The van der Waals surface area contributed by atoms with E-state index in [1.54, 1.807) is 12.1 Å². The number of thioether (sulfide) groups is 1. The van der Waals surface area contributed by atoms with Gasteiger partial charge in [-0.2, -0.15) is 0 Å². The lowest BCUT2D eigenvalue weighted by atomic mass is 10.1. The summed E-state index contributed by atoms with van der Waals surface area (Å²) in [6.45, 7) is 0. The van der Waals surface area contributed by atoms with Crippen LogP contribution in [0.3, 0.4) is 0 Å². The maximum absolute atomic E-state index is 10.7. The summed E-state index contributed by atoms with van der Waals surface area (Å²) in [6, 6.07) is 4.04. The van der Waals surface area contributed by atoms with E-state index in [2.05, 4.69) is 5.32 Å². The maximum Gasteiger partial charge on any atom is 0.321 e. The van der Waals surface area contributed by atoms with Crippen LogP contribution in [0.2, 0.25) is 0 Å². The maximum atomic E-state index is 10.7. The molecule has 0 aromatic heterocycles. The van der Waals surface area contributed by atoms with Crippen LogP contribution in [0.25, 0.3) is 0 Å². The molecule has 0 aliphatic carbocycles. The Balaban J connectivity index is 2.21. The Morgan fingerprint density at radius 1 is 1.44 bits per heavy atom. The van der Waals surface area contributed by atoms with Crippen molar-refractivity contribution >= 4 is 17.7 Å². The number of carboxylic acids is 1. The number of phenols is 2. The summed E-state index contributed by atoms with van der Waals surface area (Å²) >= 11 is 1.39. The predicted octanol–water partition coefficient (Wildman–Crippen LogP) is 0.886. The largest absolute Gasteiger partial charge is 0.504 e. The number of rotatable bonds is 2. The van der Waals surface area contributed by atoms with Gasteiger partial charge in [0.15, 0.2) is 11.5 Å². The van der Waals surface area contributed by atoms with Crippen LogP contribution in [0.15, 0.2) is 18.2 Å². The number of aromatic hydroxyl groups is 2. The summed E-state index contributed by atoms with van der Waals surface area (Å²) in [5, 5.41) is 30.3. The number of hydrogen-bond acceptors (Lipinski definition) is 5. The van der Waals surface area contributed by atoms with Gasteiger partial charge in [-0.05, 0) is 6.07 Å². The Bertz CT molecular complexity index is 423. The van der Waals surface area contributed by atoms with Crippen LogP contribution in [0.4, 0.5) is 0 Å². The van der Waals surface area contributed by atoms with Crippen LogP contribution >= 0.6 is 11.8 Å². The van der Waals surface area contributed by atoms with Crippen molar-refractivity contribution in [1.82, 2.24) is 5.32 Å². The molecule has 1 aliphatic heterocycles. The SMILES string of the molecule is O=C(O)[C@H]1CS[C@@H](c2cccc(O)c2O)N1. The number of carbonyl (C=O) groups is 1. The third-order valence-corrected chi connectivity index (χ3v) is 3.66. The molecule has 1 aliphatic rings. The average molecular weight is 241 g/mol. The average Bonchev–Trinajstić information content (AvgIpc) is 2.71. The molecule has 1 saturated heterocycles. The number of phenolic OH excluding ortho intramolecular Hbond substituents is 2. The monoisotopic (exact) mass is 241 g/mol. The van der Waals surface area contributed by atoms with Gasteiger partial charge < -0.3 is 15.3 Å². The van der Waals surface area contributed by atoms with E-state index in [0.29, 0.717) is 11.3 Å². The van der Waals surface area contributed by atoms with E-state index >= 15 is 0 Å². The van der Waals surface area contributed by atoms with Gasteiger partial charge in [0.25, 0.3) is 0 Å². The van der Waals surface area contributed by atoms with E-state index in [1.165, 1.54) is 17.8 Å². The van der Waals surface area contributed by atoms with Gasteiger partial charge in [-0.15, -0.1) is 11.8 Å². The van der Waals surface area contributed by atoms with E-state index in [0.717, 1.165) is 0 Å². The standard InChI is InChI=1S/C10H11NO4S/c12-7-3-1-2-5(8(7)13)9-11-6(4-16-9)10(14)15/h1-3,6,9,11-13H,4H2,(H,14,15)/t6-,9+/m1/s1. The van der Waals surface area contributed by atoms with Gasteiger partial charge in [-0.3, -0.25) is 10.1 Å². The van der Waals surface area contributed by atoms with Crippen LogP contribution < -0.4 is 5.32 Å². The molecule has 0 saturated carbocycles. The topological polar surface area (TPSA) is 89.8 Å². The summed E-state index contributed by atoms with van der Waals surface area (Å²) in [7, 11) is 0. The quantitative estimate of drug-likeness (QED) is 0.575. The first-order chi connectivity index (χ1) is 7.59. The van der Waals surface area contributed by atoms with Crippen molar-refractivity contribution in [3.8, 4) is 11.5 Å². The zero-order valence-electron chi connectivity index (χ0n) is 8.25. The molecule has 0 bridgehead atoms. The van der Waals surface area contributed by atoms with Gasteiger partial charge in [-0.25, -0.2) is 0 Å². The van der Waals surface area contributed by atoms with Gasteiger partial charge >= 0.3 is 5.97 Å². The van der Waals surface area contributed by atoms with Crippen molar-refractivity contribution in [1.29, 1.82) is 0 Å². The fourth-order valence-corrected chi connectivity index (χ4v) is 2.81. The molecule has 0 amide bonds. The Labute approximate surface area is 96.1 Å². The first-order valence-electron chi connectivity index (χ1n) is 4.71. The lowest BCUT2D eigenvalue weighted by Gasteiger charge is -2.13. The van der Waals surface area contributed by atoms with Crippen LogP contribution in [0.5, 0.6) is 11.5 Å². The number of nitrogens with one attached hydrogen (secondary N) is 1. The molecule has 0 radical (unpaired) electrons. The molecule has 6 heteroatoms. The van der Waals surface area contributed by atoms with Crippen molar-refractivity contribution in [3.05, 3.63) is 23.8 Å². The highest BCUT2D eigenvalue weighted by molar-refractivity contribution is 7.99. The number of benzene rings is 1. The second kappa shape index (κ2) is 4.23. The lowest BCUT2D eigenvalue weighted by molar-refractivity contribution is -0.138. The van der Waals surface area contributed by atoms with Crippen LogP contribution in [-0.4, -0.2) is 33.1 Å². The van der Waals surface area contributed by atoms with E-state index < -0.39 is 12.0 Å². The van der Waals surface area contributed by atoms with Crippen molar-refractivity contribution in [2.45, 2.75) is 11.4 Å². The molecule has 1 aromatic carbocycles. The Hall–Kier alpha value is -1.40. The third-order valence-electron chi connectivity index (χ3n) is 2.41. The molecule has 16 heavy (non-hydrogen) atoms. The van der Waals surface area contributed by atoms with Crippen molar-refractivity contribution in [3.63, 3.8) is 0 Å². The number of para-hydroxylation sites is 1. The lowest BCUT2D eigenvalue weighted by Crippen LogP contribution is -2.33. The zero-order valence-corrected chi connectivity index (χ0v) is 9.07. The summed E-state index contributed by atoms with van der Waals surface area (Å²) in [5.74, 6) is -0.860. The minimum atomic E-state index is -0.908. The molecule has 2 atom stereocenters. The highest BCUT2D eigenvalue weighted by Gasteiger charge is 2.31. The number of carboxylic acid groups (broad SMARTS) is 1. The molecule has 1 fully saturated rings. The molecular weight excluding hydrogens is 230 g/mol. The minimum Gasteiger partial charge on any atom is -0.504 e. The Morgan fingerprint density at radius 3 is 2.81 bits per heavy atom. The molecule has 0 unspecified atom stereocenters. The van der Waals surface area contributed by atoms with Gasteiger partial charge in [0.05, 0.1) is 5.37 Å².